The number of halogens is 1. The predicted octanol–water partition coefficient (Wildman–Crippen LogP) is 3.44. The third-order valence-corrected chi connectivity index (χ3v) is 3.66. The maximum absolute atomic E-state index is 12.0. The van der Waals surface area contributed by atoms with E-state index in [4.69, 9.17) is 0 Å². The fourth-order valence-corrected chi connectivity index (χ4v) is 2.56. The standard InChI is InChI=1S/C16H16BrNO2/c1-11-2-7-14(15(17)10-11)16(20)18-9-8-12-3-5-13(19)6-4-12/h2-7,10,19H,8-9H2,1H3,(H,18,20). The molecule has 0 saturated carbocycles. The molecule has 0 aromatic heterocycles. The number of carbonyl (C=O) groups is 1. The van der Waals surface area contributed by atoms with Gasteiger partial charge in [-0.15, -0.1) is 0 Å². The van der Waals surface area contributed by atoms with Gasteiger partial charge in [-0.05, 0) is 64.7 Å². The molecule has 0 radical (unpaired) electrons. The molecule has 0 atom stereocenters. The second-order valence-corrected chi connectivity index (χ2v) is 5.51. The van der Waals surface area contributed by atoms with Gasteiger partial charge in [-0.3, -0.25) is 4.79 Å². The summed E-state index contributed by atoms with van der Waals surface area (Å²) in [4.78, 5) is 12.0. The molecule has 2 rings (SSSR count). The maximum Gasteiger partial charge on any atom is 0.252 e. The molecule has 0 fully saturated rings. The SMILES string of the molecule is Cc1ccc(C(=O)NCCc2ccc(O)cc2)c(Br)c1. The Labute approximate surface area is 126 Å². The average molecular weight is 334 g/mol. The normalized spacial score (nSPS) is 10.3. The van der Waals surface area contributed by atoms with E-state index in [1.54, 1.807) is 12.1 Å². The van der Waals surface area contributed by atoms with Gasteiger partial charge >= 0.3 is 0 Å². The van der Waals surface area contributed by atoms with Crippen LogP contribution < -0.4 is 5.32 Å². The Morgan fingerprint density at radius 2 is 1.90 bits per heavy atom. The number of benzene rings is 2. The lowest BCUT2D eigenvalue weighted by Gasteiger charge is -2.08. The number of hydrogen-bond acceptors (Lipinski definition) is 2. The van der Waals surface area contributed by atoms with E-state index >= 15 is 0 Å². The molecule has 0 aliphatic heterocycles. The monoisotopic (exact) mass is 333 g/mol. The minimum atomic E-state index is -0.0874. The summed E-state index contributed by atoms with van der Waals surface area (Å²) >= 11 is 3.40. The van der Waals surface area contributed by atoms with Crippen LogP contribution in [-0.2, 0) is 6.42 Å². The molecule has 2 aromatic carbocycles. The summed E-state index contributed by atoms with van der Waals surface area (Å²) in [5.74, 6) is 0.164. The van der Waals surface area contributed by atoms with Crippen LogP contribution in [0, 0.1) is 6.92 Å². The topological polar surface area (TPSA) is 49.3 Å². The minimum Gasteiger partial charge on any atom is -0.508 e. The Hall–Kier alpha value is -1.81. The van der Waals surface area contributed by atoms with Gasteiger partial charge in [-0.25, -0.2) is 0 Å². The molecule has 4 heteroatoms. The number of phenols is 1. The van der Waals surface area contributed by atoms with E-state index in [0.29, 0.717) is 12.1 Å². The van der Waals surface area contributed by atoms with Gasteiger partial charge in [0, 0.05) is 11.0 Å². The van der Waals surface area contributed by atoms with E-state index in [1.165, 1.54) is 0 Å². The zero-order chi connectivity index (χ0) is 14.5. The quantitative estimate of drug-likeness (QED) is 0.900. The highest BCUT2D eigenvalue weighted by molar-refractivity contribution is 9.10. The first-order valence-electron chi connectivity index (χ1n) is 6.38. The fraction of sp³-hybridized carbons (Fsp3) is 0.188. The van der Waals surface area contributed by atoms with Crippen molar-refractivity contribution >= 4 is 21.8 Å². The first-order valence-corrected chi connectivity index (χ1v) is 7.18. The first kappa shape index (κ1) is 14.6. The summed E-state index contributed by atoms with van der Waals surface area (Å²) in [6.45, 7) is 2.54. The highest BCUT2D eigenvalue weighted by Crippen LogP contribution is 2.18. The molecule has 0 unspecified atom stereocenters. The molecule has 2 N–H and O–H groups in total. The van der Waals surface area contributed by atoms with Gasteiger partial charge in [-0.1, -0.05) is 18.2 Å². The lowest BCUT2D eigenvalue weighted by molar-refractivity contribution is 0.0953. The number of amides is 1. The van der Waals surface area contributed by atoms with E-state index in [0.717, 1.165) is 22.0 Å². The van der Waals surface area contributed by atoms with Gasteiger partial charge in [0.2, 0.25) is 0 Å². The van der Waals surface area contributed by atoms with Crippen molar-refractivity contribution in [3.63, 3.8) is 0 Å². The van der Waals surface area contributed by atoms with Gasteiger partial charge in [-0.2, -0.15) is 0 Å². The molecule has 3 nitrogen and oxygen atoms in total. The average Bonchev–Trinajstić information content (AvgIpc) is 2.41. The van der Waals surface area contributed by atoms with Crippen molar-refractivity contribution in [1.82, 2.24) is 5.32 Å². The number of aromatic hydroxyl groups is 1. The van der Waals surface area contributed by atoms with Gasteiger partial charge in [0.1, 0.15) is 5.75 Å². The third kappa shape index (κ3) is 3.84. The van der Waals surface area contributed by atoms with Crippen molar-refractivity contribution in [3.05, 3.63) is 63.6 Å². The van der Waals surface area contributed by atoms with Gasteiger partial charge in [0.05, 0.1) is 5.56 Å². The zero-order valence-electron chi connectivity index (χ0n) is 11.2. The predicted molar refractivity (Wildman–Crippen MR) is 83.0 cm³/mol. The Balaban J connectivity index is 1.90. The molecule has 20 heavy (non-hydrogen) atoms. The first-order chi connectivity index (χ1) is 9.56. The summed E-state index contributed by atoms with van der Waals surface area (Å²) in [5, 5.41) is 12.1. The van der Waals surface area contributed by atoms with Crippen LogP contribution in [0.25, 0.3) is 0 Å². The van der Waals surface area contributed by atoms with Crippen LogP contribution in [0.3, 0.4) is 0 Å². The van der Waals surface area contributed by atoms with Crippen LogP contribution in [0.4, 0.5) is 0 Å². The van der Waals surface area contributed by atoms with Crippen molar-refractivity contribution in [2.24, 2.45) is 0 Å². The van der Waals surface area contributed by atoms with Crippen LogP contribution in [0.1, 0.15) is 21.5 Å². The number of phenolic OH excluding ortho intramolecular Hbond substituents is 1. The van der Waals surface area contributed by atoms with Gasteiger partial charge < -0.3 is 10.4 Å². The second kappa shape index (κ2) is 6.57. The molecule has 0 aliphatic carbocycles. The fourth-order valence-electron chi connectivity index (χ4n) is 1.88. The summed E-state index contributed by atoms with van der Waals surface area (Å²) in [6.07, 6.45) is 0.732. The highest BCUT2D eigenvalue weighted by atomic mass is 79.9. The number of carbonyl (C=O) groups excluding carboxylic acids is 1. The van der Waals surface area contributed by atoms with Gasteiger partial charge in [0.25, 0.3) is 5.91 Å². The smallest absolute Gasteiger partial charge is 0.252 e. The number of aryl methyl sites for hydroxylation is 1. The Kier molecular flexibility index (Phi) is 4.79. The van der Waals surface area contributed by atoms with Crippen molar-refractivity contribution < 1.29 is 9.90 Å². The van der Waals surface area contributed by atoms with Crippen molar-refractivity contribution in [2.45, 2.75) is 13.3 Å². The van der Waals surface area contributed by atoms with Crippen LogP contribution in [0.15, 0.2) is 46.9 Å². The summed E-state index contributed by atoms with van der Waals surface area (Å²) in [5.41, 5.74) is 2.82. The molecule has 0 heterocycles. The number of hydrogen-bond donors (Lipinski definition) is 2. The second-order valence-electron chi connectivity index (χ2n) is 4.66. The van der Waals surface area contributed by atoms with Crippen molar-refractivity contribution in [3.8, 4) is 5.75 Å². The molecular formula is C16H16BrNO2. The van der Waals surface area contributed by atoms with Crippen molar-refractivity contribution in [1.29, 1.82) is 0 Å². The molecule has 0 bridgehead atoms. The number of nitrogens with one attached hydrogen (secondary N) is 1. The largest absolute Gasteiger partial charge is 0.508 e. The van der Waals surface area contributed by atoms with E-state index < -0.39 is 0 Å². The lowest BCUT2D eigenvalue weighted by Crippen LogP contribution is -2.26. The summed E-state index contributed by atoms with van der Waals surface area (Å²) in [6, 6.07) is 12.7. The minimum absolute atomic E-state index is 0.0874. The Bertz CT molecular complexity index is 608. The van der Waals surface area contributed by atoms with E-state index in [-0.39, 0.29) is 11.7 Å². The molecular weight excluding hydrogens is 318 g/mol. The lowest BCUT2D eigenvalue weighted by atomic mass is 10.1. The zero-order valence-corrected chi connectivity index (χ0v) is 12.8. The molecule has 2 aromatic rings. The van der Waals surface area contributed by atoms with Crippen LogP contribution in [0.5, 0.6) is 5.75 Å². The summed E-state index contributed by atoms with van der Waals surface area (Å²) < 4.78 is 0.805. The van der Waals surface area contributed by atoms with E-state index in [1.807, 2.05) is 37.3 Å². The Morgan fingerprint density at radius 1 is 1.20 bits per heavy atom. The molecule has 104 valence electrons. The maximum atomic E-state index is 12.0. The molecule has 0 saturated heterocycles. The molecule has 0 aliphatic rings. The van der Waals surface area contributed by atoms with Crippen LogP contribution >= 0.6 is 15.9 Å². The van der Waals surface area contributed by atoms with Crippen LogP contribution in [-0.4, -0.2) is 17.6 Å². The summed E-state index contributed by atoms with van der Waals surface area (Å²) in [7, 11) is 0. The van der Waals surface area contributed by atoms with E-state index in [9.17, 15) is 9.90 Å². The van der Waals surface area contributed by atoms with Gasteiger partial charge in [0.15, 0.2) is 0 Å². The van der Waals surface area contributed by atoms with Crippen LogP contribution in [0.2, 0.25) is 0 Å². The van der Waals surface area contributed by atoms with E-state index in [2.05, 4.69) is 21.2 Å². The highest BCUT2D eigenvalue weighted by Gasteiger charge is 2.09. The number of rotatable bonds is 4. The molecule has 1 amide bonds. The third-order valence-electron chi connectivity index (χ3n) is 3.00. The van der Waals surface area contributed by atoms with Crippen molar-refractivity contribution in [2.75, 3.05) is 6.54 Å². The molecule has 0 spiro atoms. The Morgan fingerprint density at radius 3 is 2.55 bits per heavy atom.